The van der Waals surface area contributed by atoms with E-state index in [1.165, 1.54) is 25.4 Å². The summed E-state index contributed by atoms with van der Waals surface area (Å²) in [7, 11) is 1.28. The van der Waals surface area contributed by atoms with Crippen LogP contribution in [0.2, 0.25) is 0 Å². The van der Waals surface area contributed by atoms with E-state index < -0.39 is 23.8 Å². The highest BCUT2D eigenvalue weighted by molar-refractivity contribution is 7.13. The van der Waals surface area contributed by atoms with Crippen LogP contribution in [0.15, 0.2) is 0 Å². The molecule has 2 aromatic rings. The molecule has 0 unspecified atom stereocenters. The van der Waals surface area contributed by atoms with E-state index in [4.69, 9.17) is 9.47 Å². The minimum Gasteiger partial charge on any atom is -0.465 e. The van der Waals surface area contributed by atoms with E-state index in [0.717, 1.165) is 5.01 Å². The average molecular weight is 364 g/mol. The summed E-state index contributed by atoms with van der Waals surface area (Å²) in [4.78, 5) is 44.1. The molecule has 25 heavy (non-hydrogen) atoms. The number of hydrogen-bond donors (Lipinski definition) is 1. The van der Waals surface area contributed by atoms with E-state index in [1.54, 1.807) is 27.7 Å². The van der Waals surface area contributed by atoms with Crippen molar-refractivity contribution in [2.24, 2.45) is 0 Å². The fourth-order valence-electron chi connectivity index (χ4n) is 2.60. The van der Waals surface area contributed by atoms with Gasteiger partial charge in [0, 0.05) is 5.69 Å². The van der Waals surface area contributed by atoms with Crippen LogP contribution in [0, 0.1) is 27.7 Å². The minimum atomic E-state index is -1.00. The number of aromatic nitrogens is 2. The summed E-state index contributed by atoms with van der Waals surface area (Å²) in [5.41, 5.74) is 2.13. The number of hydrogen-bond acceptors (Lipinski definition) is 7. The summed E-state index contributed by atoms with van der Waals surface area (Å²) < 4.78 is 10.0. The number of esters is 2. The SMILES string of the molecule is COC(=O)c1c(C)[nH]c(C(=O)[C@@H](C)OC(=O)c2sc(C)nc2C)c1C. The number of ketones is 1. The fraction of sp³-hybridized carbons (Fsp3) is 0.412. The second-order valence-electron chi connectivity index (χ2n) is 5.68. The van der Waals surface area contributed by atoms with Crippen LogP contribution < -0.4 is 0 Å². The van der Waals surface area contributed by atoms with Crippen LogP contribution in [0.3, 0.4) is 0 Å². The average Bonchev–Trinajstić information content (AvgIpc) is 3.04. The van der Waals surface area contributed by atoms with Crippen molar-refractivity contribution in [1.82, 2.24) is 9.97 Å². The lowest BCUT2D eigenvalue weighted by Gasteiger charge is -2.11. The third-order valence-corrected chi connectivity index (χ3v) is 4.87. The number of carbonyl (C=O) groups is 3. The Hall–Kier alpha value is -2.48. The van der Waals surface area contributed by atoms with Crippen LogP contribution in [0.5, 0.6) is 0 Å². The van der Waals surface area contributed by atoms with Gasteiger partial charge in [-0.15, -0.1) is 11.3 Å². The molecule has 7 nitrogen and oxygen atoms in total. The Morgan fingerprint density at radius 3 is 2.28 bits per heavy atom. The van der Waals surface area contributed by atoms with Crippen LogP contribution in [0.4, 0.5) is 0 Å². The van der Waals surface area contributed by atoms with Gasteiger partial charge in [0.1, 0.15) is 4.88 Å². The number of methoxy groups -OCH3 is 1. The first-order valence-electron chi connectivity index (χ1n) is 7.64. The number of nitrogens with zero attached hydrogens (tertiary/aromatic N) is 1. The molecule has 2 heterocycles. The number of ether oxygens (including phenoxy) is 2. The van der Waals surface area contributed by atoms with Crippen molar-refractivity contribution in [2.45, 2.75) is 40.7 Å². The maximum absolute atomic E-state index is 12.6. The van der Waals surface area contributed by atoms with Gasteiger partial charge in [0.05, 0.1) is 29.1 Å². The van der Waals surface area contributed by atoms with Crippen molar-refractivity contribution in [3.05, 3.63) is 38.1 Å². The first kappa shape index (κ1) is 18.9. The molecule has 0 aromatic carbocycles. The normalized spacial score (nSPS) is 11.9. The van der Waals surface area contributed by atoms with Crippen molar-refractivity contribution in [3.63, 3.8) is 0 Å². The van der Waals surface area contributed by atoms with E-state index in [-0.39, 0.29) is 5.69 Å². The Labute approximate surface area is 149 Å². The second-order valence-corrected chi connectivity index (χ2v) is 6.88. The molecular weight excluding hydrogens is 344 g/mol. The van der Waals surface area contributed by atoms with Gasteiger partial charge in [-0.3, -0.25) is 4.79 Å². The first-order chi connectivity index (χ1) is 11.7. The molecular formula is C17H20N2O5S. The third-order valence-electron chi connectivity index (χ3n) is 3.82. The lowest BCUT2D eigenvalue weighted by Crippen LogP contribution is -2.25. The molecule has 0 aliphatic heterocycles. The number of carbonyl (C=O) groups excluding carboxylic acids is 3. The van der Waals surface area contributed by atoms with E-state index in [2.05, 4.69) is 9.97 Å². The molecule has 0 fully saturated rings. The number of thiazole rings is 1. The van der Waals surface area contributed by atoms with E-state index >= 15 is 0 Å². The highest BCUT2D eigenvalue weighted by Gasteiger charge is 2.28. The van der Waals surface area contributed by atoms with Gasteiger partial charge in [0.2, 0.25) is 5.78 Å². The van der Waals surface area contributed by atoms with Crippen molar-refractivity contribution in [3.8, 4) is 0 Å². The predicted octanol–water partition coefficient (Wildman–Crippen LogP) is 2.92. The molecule has 0 saturated heterocycles. The lowest BCUT2D eigenvalue weighted by atomic mass is 10.1. The molecule has 0 aliphatic carbocycles. The quantitative estimate of drug-likeness (QED) is 0.647. The number of H-pyrrole nitrogens is 1. The van der Waals surface area contributed by atoms with Crippen LogP contribution in [-0.4, -0.2) is 40.9 Å². The molecule has 8 heteroatoms. The maximum atomic E-state index is 12.6. The van der Waals surface area contributed by atoms with Crippen LogP contribution >= 0.6 is 11.3 Å². The first-order valence-corrected chi connectivity index (χ1v) is 8.45. The van der Waals surface area contributed by atoms with Crippen LogP contribution in [-0.2, 0) is 9.47 Å². The zero-order valence-electron chi connectivity index (χ0n) is 15.0. The van der Waals surface area contributed by atoms with Crippen LogP contribution in [0.25, 0.3) is 0 Å². The number of rotatable bonds is 5. The molecule has 0 aliphatic rings. The van der Waals surface area contributed by atoms with Gasteiger partial charge in [-0.1, -0.05) is 0 Å². The van der Waals surface area contributed by atoms with Gasteiger partial charge in [-0.05, 0) is 40.2 Å². The van der Waals surface area contributed by atoms with Crippen molar-refractivity contribution < 1.29 is 23.9 Å². The topological polar surface area (TPSA) is 98.4 Å². The van der Waals surface area contributed by atoms with E-state index in [0.29, 0.717) is 27.4 Å². The molecule has 1 N–H and O–H groups in total. The van der Waals surface area contributed by atoms with Crippen molar-refractivity contribution in [2.75, 3.05) is 7.11 Å². The molecule has 0 spiro atoms. The van der Waals surface area contributed by atoms with Gasteiger partial charge in [-0.2, -0.15) is 0 Å². The number of aromatic amines is 1. The van der Waals surface area contributed by atoms with E-state index in [1.807, 2.05) is 0 Å². The number of nitrogens with one attached hydrogen (secondary N) is 1. The van der Waals surface area contributed by atoms with Gasteiger partial charge >= 0.3 is 11.9 Å². The molecule has 0 bridgehead atoms. The van der Waals surface area contributed by atoms with Crippen molar-refractivity contribution in [1.29, 1.82) is 0 Å². The molecule has 2 rings (SSSR count). The minimum absolute atomic E-state index is 0.232. The Bertz CT molecular complexity index is 850. The number of Topliss-reactive ketones (excluding diaryl/α,β-unsaturated/α-hetero) is 1. The summed E-state index contributed by atoms with van der Waals surface area (Å²) in [5.74, 6) is -1.52. The van der Waals surface area contributed by atoms with Gasteiger partial charge < -0.3 is 14.5 Å². The third kappa shape index (κ3) is 3.63. The highest BCUT2D eigenvalue weighted by Crippen LogP contribution is 2.22. The standard InChI is InChI=1S/C17H20N2O5S/c1-7-12(16(21)23-6)8(2)19-13(7)14(20)10(4)24-17(22)15-9(3)18-11(5)25-15/h10,19H,1-6H3/t10-/m1/s1. The van der Waals surface area contributed by atoms with Crippen molar-refractivity contribution >= 4 is 29.1 Å². The second kappa shape index (κ2) is 7.18. The molecule has 2 aromatic heterocycles. The smallest absolute Gasteiger partial charge is 0.350 e. The highest BCUT2D eigenvalue weighted by atomic mass is 32.1. The molecule has 0 saturated carbocycles. The molecule has 1 atom stereocenters. The zero-order chi connectivity index (χ0) is 18.9. The Morgan fingerprint density at radius 1 is 1.12 bits per heavy atom. The van der Waals surface area contributed by atoms with Gasteiger partial charge in [-0.25, -0.2) is 14.6 Å². The summed E-state index contributed by atoms with van der Waals surface area (Å²) in [6.07, 6.45) is -1.00. The zero-order valence-corrected chi connectivity index (χ0v) is 15.8. The van der Waals surface area contributed by atoms with Gasteiger partial charge in [0.15, 0.2) is 6.10 Å². The summed E-state index contributed by atoms with van der Waals surface area (Å²) >= 11 is 1.22. The summed E-state index contributed by atoms with van der Waals surface area (Å²) in [6, 6.07) is 0. The Kier molecular flexibility index (Phi) is 5.42. The Morgan fingerprint density at radius 2 is 1.76 bits per heavy atom. The van der Waals surface area contributed by atoms with Crippen LogP contribution in [0.1, 0.15) is 59.4 Å². The fourth-order valence-corrected chi connectivity index (χ4v) is 3.40. The van der Waals surface area contributed by atoms with E-state index in [9.17, 15) is 14.4 Å². The number of aryl methyl sites for hydroxylation is 3. The summed E-state index contributed by atoms with van der Waals surface area (Å²) in [6.45, 7) is 8.33. The maximum Gasteiger partial charge on any atom is 0.350 e. The molecule has 0 amide bonds. The predicted molar refractivity (Wildman–Crippen MR) is 92.4 cm³/mol. The molecule has 0 radical (unpaired) electrons. The largest absolute Gasteiger partial charge is 0.465 e. The molecule has 134 valence electrons. The lowest BCUT2D eigenvalue weighted by molar-refractivity contribution is 0.0320. The monoisotopic (exact) mass is 364 g/mol. The Balaban J connectivity index is 2.22. The summed E-state index contributed by atoms with van der Waals surface area (Å²) in [5, 5.41) is 0.752. The van der Waals surface area contributed by atoms with Gasteiger partial charge in [0.25, 0.3) is 0 Å².